The van der Waals surface area contributed by atoms with Crippen LogP contribution in [-0.2, 0) is 9.84 Å². The summed E-state index contributed by atoms with van der Waals surface area (Å²) in [5.41, 5.74) is -2.90. The number of anilines is 1. The number of ether oxygens (including phenoxy) is 1. The van der Waals surface area contributed by atoms with E-state index in [1.165, 1.54) is 18.2 Å². The Labute approximate surface area is 141 Å². The molecule has 1 aliphatic heterocycles. The number of sulfone groups is 1. The van der Waals surface area contributed by atoms with Gasteiger partial charge in [-0.25, -0.2) is 26.0 Å². The highest BCUT2D eigenvalue weighted by Gasteiger charge is 2.53. The molecule has 0 amide bonds. The Morgan fingerprint density at radius 3 is 2.20 bits per heavy atom. The lowest BCUT2D eigenvalue weighted by Gasteiger charge is -2.37. The first-order valence-corrected chi connectivity index (χ1v) is 8.69. The predicted octanol–water partition coefficient (Wildman–Crippen LogP) is 3.59. The van der Waals surface area contributed by atoms with Crippen molar-refractivity contribution in [2.24, 2.45) is 0 Å². The van der Waals surface area contributed by atoms with Crippen LogP contribution in [0.25, 0.3) is 0 Å². The van der Waals surface area contributed by atoms with E-state index in [0.717, 1.165) is 12.1 Å². The number of hydrogen-bond donors (Lipinski definition) is 1. The van der Waals surface area contributed by atoms with E-state index in [9.17, 15) is 26.0 Å². The Kier molecular flexibility index (Phi) is 4.36. The van der Waals surface area contributed by atoms with Crippen LogP contribution in [-0.4, -0.2) is 33.4 Å². The molecule has 134 valence electrons. The van der Waals surface area contributed by atoms with Gasteiger partial charge in [-0.15, -0.1) is 0 Å². The van der Waals surface area contributed by atoms with Crippen LogP contribution in [0.15, 0.2) is 58.3 Å². The third-order valence-corrected chi connectivity index (χ3v) is 5.68. The first-order valence-electron chi connectivity index (χ1n) is 7.21. The lowest BCUT2D eigenvalue weighted by Crippen LogP contribution is -2.57. The SMILES string of the molecule is O=S(=O)(c1ccccc1)c1ccc2c(c1)NCC(C(F)F)(C(F)F)O2. The van der Waals surface area contributed by atoms with Gasteiger partial charge in [0, 0.05) is 0 Å². The van der Waals surface area contributed by atoms with Gasteiger partial charge in [0.15, 0.2) is 0 Å². The molecule has 0 bridgehead atoms. The van der Waals surface area contributed by atoms with Gasteiger partial charge in [0.2, 0.25) is 15.4 Å². The molecule has 1 heterocycles. The van der Waals surface area contributed by atoms with E-state index < -0.39 is 34.8 Å². The number of nitrogens with one attached hydrogen (secondary N) is 1. The average molecular weight is 375 g/mol. The standard InChI is InChI=1S/C16H13F4NO3S/c17-14(18)16(15(19)20)9-21-12-8-11(6-7-13(12)24-16)25(22,23)10-4-2-1-3-5-10/h1-8,14-15,21H,9H2. The second kappa shape index (κ2) is 6.21. The van der Waals surface area contributed by atoms with Gasteiger partial charge >= 0.3 is 0 Å². The number of halogens is 4. The Hall–Kier alpha value is -2.29. The Morgan fingerprint density at radius 1 is 0.960 bits per heavy atom. The number of alkyl halides is 4. The van der Waals surface area contributed by atoms with E-state index in [4.69, 9.17) is 4.74 Å². The molecule has 0 saturated carbocycles. The number of fused-ring (bicyclic) bond motifs is 1. The molecule has 0 saturated heterocycles. The summed E-state index contributed by atoms with van der Waals surface area (Å²) in [5, 5.41) is 2.43. The first-order chi connectivity index (χ1) is 11.8. The van der Waals surface area contributed by atoms with E-state index in [0.29, 0.717) is 0 Å². The minimum Gasteiger partial charge on any atom is -0.471 e. The van der Waals surface area contributed by atoms with Crippen molar-refractivity contribution >= 4 is 15.5 Å². The Morgan fingerprint density at radius 2 is 1.60 bits per heavy atom. The average Bonchev–Trinajstić information content (AvgIpc) is 2.61. The van der Waals surface area contributed by atoms with E-state index in [2.05, 4.69) is 5.32 Å². The largest absolute Gasteiger partial charge is 0.471 e. The summed E-state index contributed by atoms with van der Waals surface area (Å²) in [6, 6.07) is 11.0. The fraction of sp³-hybridized carbons (Fsp3) is 0.250. The molecule has 2 aromatic rings. The van der Waals surface area contributed by atoms with Gasteiger partial charge in [-0.1, -0.05) is 18.2 Å². The van der Waals surface area contributed by atoms with Crippen LogP contribution in [0.3, 0.4) is 0 Å². The topological polar surface area (TPSA) is 55.4 Å². The van der Waals surface area contributed by atoms with Gasteiger partial charge in [-0.2, -0.15) is 0 Å². The van der Waals surface area contributed by atoms with Crippen LogP contribution in [0, 0.1) is 0 Å². The summed E-state index contributed by atoms with van der Waals surface area (Å²) in [5.74, 6) is -0.251. The second-order valence-corrected chi connectivity index (χ2v) is 7.44. The molecule has 9 heteroatoms. The van der Waals surface area contributed by atoms with E-state index >= 15 is 0 Å². The Bertz CT molecular complexity index is 864. The van der Waals surface area contributed by atoms with Crippen molar-refractivity contribution in [3.05, 3.63) is 48.5 Å². The van der Waals surface area contributed by atoms with E-state index in [1.807, 2.05) is 0 Å². The molecule has 0 radical (unpaired) electrons. The van der Waals surface area contributed by atoms with Crippen LogP contribution in [0.4, 0.5) is 23.2 Å². The molecule has 0 aromatic heterocycles. The van der Waals surface area contributed by atoms with Gasteiger partial charge in [0.25, 0.3) is 12.9 Å². The van der Waals surface area contributed by atoms with Crippen molar-refractivity contribution in [3.8, 4) is 5.75 Å². The summed E-state index contributed by atoms with van der Waals surface area (Å²) < 4.78 is 82.2. The third-order valence-electron chi connectivity index (χ3n) is 3.91. The molecular formula is C16H13F4NO3S. The highest BCUT2D eigenvalue weighted by molar-refractivity contribution is 7.91. The van der Waals surface area contributed by atoms with Gasteiger partial charge in [0.1, 0.15) is 5.75 Å². The lowest BCUT2D eigenvalue weighted by atomic mass is 10.0. The molecule has 1 aliphatic rings. The summed E-state index contributed by atoms with van der Waals surface area (Å²) in [6.07, 6.45) is -6.83. The van der Waals surface area contributed by atoms with Crippen molar-refractivity contribution in [1.82, 2.24) is 0 Å². The molecule has 0 unspecified atom stereocenters. The van der Waals surface area contributed by atoms with Crippen molar-refractivity contribution in [3.63, 3.8) is 0 Å². The van der Waals surface area contributed by atoms with Crippen LogP contribution >= 0.6 is 0 Å². The highest BCUT2D eigenvalue weighted by Crippen LogP contribution is 2.40. The molecular weight excluding hydrogens is 362 g/mol. The zero-order chi connectivity index (χ0) is 18.2. The molecule has 25 heavy (non-hydrogen) atoms. The van der Waals surface area contributed by atoms with Crippen molar-refractivity contribution in [2.75, 3.05) is 11.9 Å². The van der Waals surface area contributed by atoms with E-state index in [1.54, 1.807) is 18.2 Å². The Balaban J connectivity index is 1.98. The summed E-state index contributed by atoms with van der Waals surface area (Å²) >= 11 is 0. The fourth-order valence-electron chi connectivity index (χ4n) is 2.45. The number of benzene rings is 2. The molecule has 2 aromatic carbocycles. The minimum atomic E-state index is -3.83. The van der Waals surface area contributed by atoms with Gasteiger partial charge in [0.05, 0.1) is 22.0 Å². The van der Waals surface area contributed by atoms with Gasteiger partial charge in [-0.3, -0.25) is 0 Å². The summed E-state index contributed by atoms with van der Waals surface area (Å²) in [4.78, 5) is -0.0451. The minimum absolute atomic E-state index is 0.0567. The van der Waals surface area contributed by atoms with Crippen LogP contribution in [0.5, 0.6) is 5.75 Å². The van der Waals surface area contributed by atoms with Crippen LogP contribution in [0.1, 0.15) is 0 Å². The molecule has 0 fully saturated rings. The molecule has 1 N–H and O–H groups in total. The van der Waals surface area contributed by atoms with E-state index in [-0.39, 0.29) is 21.2 Å². The first kappa shape index (κ1) is 17.5. The van der Waals surface area contributed by atoms with Crippen molar-refractivity contribution < 1.29 is 30.7 Å². The number of rotatable bonds is 4. The zero-order valence-corrected chi connectivity index (χ0v) is 13.4. The molecule has 3 rings (SSSR count). The summed E-state index contributed by atoms with van der Waals surface area (Å²) in [6.45, 7) is -0.843. The maximum Gasteiger partial charge on any atom is 0.285 e. The molecule has 0 spiro atoms. The summed E-state index contributed by atoms with van der Waals surface area (Å²) in [7, 11) is -3.83. The van der Waals surface area contributed by atoms with Crippen molar-refractivity contribution in [1.29, 1.82) is 0 Å². The second-order valence-electron chi connectivity index (χ2n) is 5.49. The smallest absolute Gasteiger partial charge is 0.285 e. The van der Waals surface area contributed by atoms with Crippen LogP contribution in [0.2, 0.25) is 0 Å². The number of hydrogen-bond acceptors (Lipinski definition) is 4. The van der Waals surface area contributed by atoms with Crippen LogP contribution < -0.4 is 10.1 Å². The zero-order valence-electron chi connectivity index (χ0n) is 12.6. The normalized spacial score (nSPS) is 16.2. The van der Waals surface area contributed by atoms with Gasteiger partial charge < -0.3 is 10.1 Å². The highest BCUT2D eigenvalue weighted by atomic mass is 32.2. The predicted molar refractivity (Wildman–Crippen MR) is 82.2 cm³/mol. The fourth-order valence-corrected chi connectivity index (χ4v) is 3.76. The third kappa shape index (κ3) is 2.92. The maximum absolute atomic E-state index is 13.1. The lowest BCUT2D eigenvalue weighted by molar-refractivity contribution is -0.153. The monoisotopic (exact) mass is 375 g/mol. The molecule has 4 nitrogen and oxygen atoms in total. The maximum atomic E-state index is 13.1. The molecule has 0 aliphatic carbocycles. The molecule has 0 atom stereocenters. The quantitative estimate of drug-likeness (QED) is 0.830. The van der Waals surface area contributed by atoms with Crippen molar-refractivity contribution in [2.45, 2.75) is 28.2 Å². The van der Waals surface area contributed by atoms with Gasteiger partial charge in [-0.05, 0) is 30.3 Å².